The van der Waals surface area contributed by atoms with E-state index in [1.165, 1.54) is 5.56 Å². The zero-order chi connectivity index (χ0) is 17.7. The quantitative estimate of drug-likeness (QED) is 0.616. The average molecular weight is 384 g/mol. The molecule has 4 heteroatoms. The van der Waals surface area contributed by atoms with Gasteiger partial charge in [0, 0.05) is 17.6 Å². The molecule has 3 nitrogen and oxygen atoms in total. The molecule has 0 saturated carbocycles. The summed E-state index contributed by atoms with van der Waals surface area (Å²) in [5.41, 5.74) is 1.05. The number of likely N-dealkylation sites (tertiary alicyclic amines) is 1. The number of halogens is 1. The van der Waals surface area contributed by atoms with Crippen molar-refractivity contribution >= 4 is 22.0 Å². The molecule has 1 aliphatic rings. The topological polar surface area (TPSA) is 29.5 Å². The van der Waals surface area contributed by atoms with E-state index in [1.807, 2.05) is 39.5 Å². The summed E-state index contributed by atoms with van der Waals surface area (Å²) in [6, 6.07) is 8.52. The van der Waals surface area contributed by atoms with E-state index >= 15 is 0 Å². The Hall–Kier alpha value is -1.03. The maximum Gasteiger partial charge on any atom is 0.410 e. The van der Waals surface area contributed by atoms with Crippen molar-refractivity contribution < 1.29 is 9.53 Å². The van der Waals surface area contributed by atoms with Crippen LogP contribution >= 0.6 is 15.9 Å². The lowest BCUT2D eigenvalue weighted by molar-refractivity contribution is 0.0172. The highest BCUT2D eigenvalue weighted by Gasteiger charge is 2.34. The molecule has 1 heterocycles. The third kappa shape index (κ3) is 5.83. The molecule has 1 amide bonds. The Morgan fingerprint density at radius 2 is 1.61 bits per heavy atom. The number of benzene rings is 1. The molecular weight excluding hydrogens is 354 g/mol. The summed E-state index contributed by atoms with van der Waals surface area (Å²) < 4.78 is 6.55. The standard InChI is InChI=1S/C17H24BrNO2.C2H6/c1-16(2,3)21-15(20)19-11-9-17(4,10-12-19)13-5-7-14(18)8-6-13;1-2/h5-8H,9-12H2,1-4H3;1-2H3. The lowest BCUT2D eigenvalue weighted by atomic mass is 9.75. The van der Waals surface area contributed by atoms with Crippen LogP contribution in [0.2, 0.25) is 0 Å². The van der Waals surface area contributed by atoms with Gasteiger partial charge in [-0.3, -0.25) is 0 Å². The fourth-order valence-corrected chi connectivity index (χ4v) is 2.91. The molecule has 1 aliphatic heterocycles. The van der Waals surface area contributed by atoms with Gasteiger partial charge in [0.25, 0.3) is 0 Å². The number of carbonyl (C=O) groups excluding carboxylic acids is 1. The molecule has 0 atom stereocenters. The highest BCUT2D eigenvalue weighted by Crippen LogP contribution is 2.35. The van der Waals surface area contributed by atoms with Gasteiger partial charge in [0.05, 0.1) is 0 Å². The molecule has 1 aromatic carbocycles. The molecule has 0 spiro atoms. The minimum absolute atomic E-state index is 0.138. The first kappa shape index (κ1) is 20.0. The van der Waals surface area contributed by atoms with Crippen molar-refractivity contribution in [2.24, 2.45) is 0 Å². The van der Waals surface area contributed by atoms with Gasteiger partial charge in [-0.05, 0) is 56.7 Å². The van der Waals surface area contributed by atoms with Gasteiger partial charge in [0.15, 0.2) is 0 Å². The summed E-state index contributed by atoms with van der Waals surface area (Å²) in [5.74, 6) is 0. The number of rotatable bonds is 1. The summed E-state index contributed by atoms with van der Waals surface area (Å²) >= 11 is 3.47. The second kappa shape index (κ2) is 8.18. The first-order valence-electron chi connectivity index (χ1n) is 8.44. The molecule has 0 unspecified atom stereocenters. The summed E-state index contributed by atoms with van der Waals surface area (Å²) in [6.45, 7) is 13.5. The number of ether oxygens (including phenoxy) is 1. The van der Waals surface area contributed by atoms with Crippen LogP contribution in [0.1, 0.15) is 59.9 Å². The predicted octanol–water partition coefficient (Wildman–Crippen LogP) is 5.76. The number of hydrogen-bond acceptors (Lipinski definition) is 2. The van der Waals surface area contributed by atoms with Gasteiger partial charge in [-0.25, -0.2) is 4.79 Å². The number of nitrogens with zero attached hydrogens (tertiary/aromatic N) is 1. The molecule has 1 saturated heterocycles. The van der Waals surface area contributed by atoms with Crippen LogP contribution in [-0.2, 0) is 10.2 Å². The summed E-state index contributed by atoms with van der Waals surface area (Å²) in [5, 5.41) is 0. The molecule has 0 aliphatic carbocycles. The molecule has 2 rings (SSSR count). The maximum atomic E-state index is 12.1. The Labute approximate surface area is 149 Å². The van der Waals surface area contributed by atoms with Crippen molar-refractivity contribution in [1.29, 1.82) is 0 Å². The van der Waals surface area contributed by atoms with Crippen molar-refractivity contribution in [3.8, 4) is 0 Å². The Balaban J connectivity index is 0.00000127. The number of amides is 1. The molecule has 0 bridgehead atoms. The zero-order valence-corrected chi connectivity index (χ0v) is 16.9. The van der Waals surface area contributed by atoms with Gasteiger partial charge in [-0.15, -0.1) is 0 Å². The molecule has 23 heavy (non-hydrogen) atoms. The highest BCUT2D eigenvalue weighted by atomic mass is 79.9. The minimum atomic E-state index is -0.427. The van der Waals surface area contributed by atoms with Gasteiger partial charge in [-0.2, -0.15) is 0 Å². The molecular formula is C19H30BrNO2. The third-order valence-corrected chi connectivity index (χ3v) is 4.59. The van der Waals surface area contributed by atoms with Gasteiger partial charge in [-0.1, -0.05) is 48.8 Å². The maximum absolute atomic E-state index is 12.1. The average Bonchev–Trinajstić information content (AvgIpc) is 2.49. The van der Waals surface area contributed by atoms with Crippen LogP contribution in [0.4, 0.5) is 4.79 Å². The van der Waals surface area contributed by atoms with Crippen LogP contribution in [-0.4, -0.2) is 29.7 Å². The summed E-state index contributed by atoms with van der Waals surface area (Å²) in [7, 11) is 0. The highest BCUT2D eigenvalue weighted by molar-refractivity contribution is 9.10. The molecule has 0 radical (unpaired) electrons. The van der Waals surface area contributed by atoms with Crippen molar-refractivity contribution in [1.82, 2.24) is 4.90 Å². The van der Waals surface area contributed by atoms with E-state index < -0.39 is 5.60 Å². The van der Waals surface area contributed by atoms with Gasteiger partial charge >= 0.3 is 6.09 Å². The van der Waals surface area contributed by atoms with Crippen molar-refractivity contribution in [2.75, 3.05) is 13.1 Å². The Bertz CT molecular complexity index is 497. The number of piperidine rings is 1. The van der Waals surface area contributed by atoms with Crippen LogP contribution in [0.15, 0.2) is 28.7 Å². The number of hydrogen-bond donors (Lipinski definition) is 0. The second-order valence-electron chi connectivity index (χ2n) is 7.03. The Morgan fingerprint density at radius 1 is 1.13 bits per heavy atom. The fourth-order valence-electron chi connectivity index (χ4n) is 2.65. The number of carbonyl (C=O) groups is 1. The summed E-state index contributed by atoms with van der Waals surface area (Å²) in [6.07, 6.45) is 1.74. The lowest BCUT2D eigenvalue weighted by Crippen LogP contribution is -2.45. The van der Waals surface area contributed by atoms with Crippen molar-refractivity contribution in [3.05, 3.63) is 34.3 Å². The molecule has 1 aromatic rings. The van der Waals surface area contributed by atoms with E-state index in [4.69, 9.17) is 4.74 Å². The zero-order valence-electron chi connectivity index (χ0n) is 15.3. The van der Waals surface area contributed by atoms with Crippen molar-refractivity contribution in [3.63, 3.8) is 0 Å². The van der Waals surface area contributed by atoms with Gasteiger partial charge in [0.1, 0.15) is 5.60 Å². The van der Waals surface area contributed by atoms with Crippen LogP contribution in [0, 0.1) is 0 Å². The van der Waals surface area contributed by atoms with E-state index in [-0.39, 0.29) is 11.5 Å². The molecule has 0 N–H and O–H groups in total. The first-order chi connectivity index (χ1) is 10.7. The van der Waals surface area contributed by atoms with Crippen LogP contribution < -0.4 is 0 Å². The monoisotopic (exact) mass is 383 g/mol. The van der Waals surface area contributed by atoms with E-state index in [9.17, 15) is 4.79 Å². The minimum Gasteiger partial charge on any atom is -0.444 e. The van der Waals surface area contributed by atoms with E-state index in [2.05, 4.69) is 47.1 Å². The van der Waals surface area contributed by atoms with Crippen molar-refractivity contribution in [2.45, 2.75) is 65.4 Å². The summed E-state index contributed by atoms with van der Waals surface area (Å²) in [4.78, 5) is 13.9. The SMILES string of the molecule is CC.CC(C)(C)OC(=O)N1CCC(C)(c2ccc(Br)cc2)CC1. The van der Waals surface area contributed by atoms with Gasteiger partial charge < -0.3 is 9.64 Å². The van der Waals surface area contributed by atoms with Crippen LogP contribution in [0.25, 0.3) is 0 Å². The molecule has 1 fully saturated rings. The lowest BCUT2D eigenvalue weighted by Gasteiger charge is -2.40. The molecule has 130 valence electrons. The van der Waals surface area contributed by atoms with E-state index in [0.29, 0.717) is 0 Å². The van der Waals surface area contributed by atoms with Gasteiger partial charge in [0.2, 0.25) is 0 Å². The molecule has 0 aromatic heterocycles. The van der Waals surface area contributed by atoms with E-state index in [1.54, 1.807) is 0 Å². The Morgan fingerprint density at radius 3 is 2.04 bits per heavy atom. The normalized spacial score (nSPS) is 17.1. The fraction of sp³-hybridized carbons (Fsp3) is 0.632. The first-order valence-corrected chi connectivity index (χ1v) is 9.23. The van der Waals surface area contributed by atoms with Crippen LogP contribution in [0.5, 0.6) is 0 Å². The third-order valence-electron chi connectivity index (χ3n) is 4.06. The second-order valence-corrected chi connectivity index (χ2v) is 7.95. The largest absolute Gasteiger partial charge is 0.444 e. The predicted molar refractivity (Wildman–Crippen MR) is 99.9 cm³/mol. The Kier molecular flexibility index (Phi) is 7.12. The van der Waals surface area contributed by atoms with Crippen LogP contribution in [0.3, 0.4) is 0 Å². The smallest absolute Gasteiger partial charge is 0.410 e. The van der Waals surface area contributed by atoms with E-state index in [0.717, 1.165) is 30.4 Å².